The molecule has 1 spiro atoms. The minimum Gasteiger partial charge on any atom is -0.480 e. The number of ether oxygens (including phenoxy) is 1. The van der Waals surface area contributed by atoms with Crippen molar-refractivity contribution in [1.29, 1.82) is 0 Å². The molecule has 0 saturated carbocycles. The molecule has 2 amide bonds. The highest BCUT2D eigenvalue weighted by Gasteiger charge is 2.64. The largest absolute Gasteiger partial charge is 0.480 e. The van der Waals surface area contributed by atoms with E-state index in [4.69, 9.17) is 4.74 Å². The van der Waals surface area contributed by atoms with Crippen LogP contribution in [0.5, 0.6) is 0 Å². The lowest BCUT2D eigenvalue weighted by Crippen LogP contribution is -2.77. The van der Waals surface area contributed by atoms with Crippen molar-refractivity contribution in [2.45, 2.75) is 76.8 Å². The molecule has 0 bridgehead atoms. The van der Waals surface area contributed by atoms with Crippen LogP contribution < -0.4 is 0 Å². The summed E-state index contributed by atoms with van der Waals surface area (Å²) in [4.78, 5) is 39.2. The third-order valence-electron chi connectivity index (χ3n) is 4.60. The third kappa shape index (κ3) is 2.94. The van der Waals surface area contributed by atoms with Gasteiger partial charge in [0.1, 0.15) is 11.1 Å². The van der Waals surface area contributed by atoms with Crippen molar-refractivity contribution >= 4 is 18.0 Å². The van der Waals surface area contributed by atoms with E-state index in [0.29, 0.717) is 12.8 Å². The molecule has 2 saturated heterocycles. The number of aliphatic hydroxyl groups is 1. The van der Waals surface area contributed by atoms with Crippen LogP contribution in [0.3, 0.4) is 0 Å². The van der Waals surface area contributed by atoms with Crippen LogP contribution in [-0.4, -0.2) is 73.9 Å². The summed E-state index contributed by atoms with van der Waals surface area (Å²) in [5.41, 5.74) is -1.74. The second-order valence-corrected chi connectivity index (χ2v) is 7.73. The molecule has 2 heterocycles. The number of β-lactam (4-membered cyclic amide) rings is 1. The summed E-state index contributed by atoms with van der Waals surface area (Å²) in [6.45, 7) is 8.53. The van der Waals surface area contributed by atoms with Gasteiger partial charge < -0.3 is 19.8 Å². The Labute approximate surface area is 141 Å². The first kappa shape index (κ1) is 18.5. The fourth-order valence-corrected chi connectivity index (χ4v) is 3.57. The van der Waals surface area contributed by atoms with Gasteiger partial charge in [0, 0.05) is 6.04 Å². The molecule has 2 aliphatic heterocycles. The van der Waals surface area contributed by atoms with Gasteiger partial charge in [0.25, 0.3) is 5.91 Å². The molecule has 0 aromatic rings. The molecular formula is C16H26N2O6. The topological polar surface area (TPSA) is 107 Å². The Balaban J connectivity index is 2.23. The number of hydrogen-bond donors (Lipinski definition) is 2. The van der Waals surface area contributed by atoms with E-state index >= 15 is 0 Å². The van der Waals surface area contributed by atoms with Gasteiger partial charge >= 0.3 is 12.1 Å². The normalized spacial score (nSPS) is 29.4. The number of likely N-dealkylation sites (tertiary alicyclic amines) is 2. The van der Waals surface area contributed by atoms with Gasteiger partial charge in [-0.2, -0.15) is 0 Å². The molecule has 2 fully saturated rings. The Kier molecular flexibility index (Phi) is 4.56. The zero-order valence-electron chi connectivity index (χ0n) is 14.8. The van der Waals surface area contributed by atoms with Crippen LogP contribution in [0.4, 0.5) is 4.79 Å². The zero-order chi connectivity index (χ0) is 18.4. The third-order valence-corrected chi connectivity index (χ3v) is 4.60. The quantitative estimate of drug-likeness (QED) is 0.735. The summed E-state index contributed by atoms with van der Waals surface area (Å²) in [7, 11) is 0. The van der Waals surface area contributed by atoms with Gasteiger partial charge in [0.05, 0.1) is 12.6 Å². The van der Waals surface area contributed by atoms with Crippen LogP contribution in [0.25, 0.3) is 0 Å². The Morgan fingerprint density at radius 2 is 1.96 bits per heavy atom. The molecule has 2 unspecified atom stereocenters. The van der Waals surface area contributed by atoms with Crippen LogP contribution >= 0.6 is 0 Å². The Morgan fingerprint density at radius 1 is 1.38 bits per heavy atom. The molecule has 0 aromatic heterocycles. The van der Waals surface area contributed by atoms with Gasteiger partial charge in [-0.05, 0) is 47.5 Å². The van der Waals surface area contributed by atoms with Crippen LogP contribution in [0, 0.1) is 0 Å². The minimum atomic E-state index is -1.31. The average molecular weight is 342 g/mol. The van der Waals surface area contributed by atoms with Crippen molar-refractivity contribution in [2.75, 3.05) is 6.54 Å². The highest BCUT2D eigenvalue weighted by Crippen LogP contribution is 2.43. The Morgan fingerprint density at radius 3 is 2.38 bits per heavy atom. The second kappa shape index (κ2) is 5.91. The predicted molar refractivity (Wildman–Crippen MR) is 84.3 cm³/mol. The fraction of sp³-hybridized carbons (Fsp3) is 0.812. The molecule has 136 valence electrons. The SMILES string of the molecule is CC1CCC2(CN([C@H](C(=O)O)[C@@H](C)O)C2=O)N1C(=O)OC(C)(C)C. The standard InChI is InChI=1S/C16H26N2O6/c1-9-6-7-16(18(9)14(23)24-15(3,4)5)8-17(13(16)22)11(10(2)19)12(20)21/h9-11,19H,6-8H2,1-5H3,(H,20,21)/t9?,10-,11+,16?/m1/s1. The first-order valence-electron chi connectivity index (χ1n) is 8.15. The smallest absolute Gasteiger partial charge is 0.411 e. The van der Waals surface area contributed by atoms with Crippen LogP contribution in [0.15, 0.2) is 0 Å². The summed E-state index contributed by atoms with van der Waals surface area (Å²) in [6, 6.07) is -1.47. The van der Waals surface area contributed by atoms with E-state index < -0.39 is 41.3 Å². The number of rotatable bonds is 3. The van der Waals surface area contributed by atoms with Crippen LogP contribution in [0.2, 0.25) is 0 Å². The maximum atomic E-state index is 12.8. The van der Waals surface area contributed by atoms with Crippen LogP contribution in [0.1, 0.15) is 47.5 Å². The summed E-state index contributed by atoms with van der Waals surface area (Å²) in [5, 5.41) is 18.9. The van der Waals surface area contributed by atoms with Gasteiger partial charge in [0.2, 0.25) is 0 Å². The maximum absolute atomic E-state index is 12.8. The lowest BCUT2D eigenvalue weighted by Gasteiger charge is -2.53. The first-order valence-corrected chi connectivity index (χ1v) is 8.15. The molecule has 8 heteroatoms. The van der Waals surface area contributed by atoms with E-state index in [1.54, 1.807) is 20.8 Å². The number of aliphatic carboxylic acids is 1. The van der Waals surface area contributed by atoms with E-state index in [9.17, 15) is 24.6 Å². The van der Waals surface area contributed by atoms with Crippen molar-refractivity contribution < 1.29 is 29.3 Å². The van der Waals surface area contributed by atoms with Crippen LogP contribution in [-0.2, 0) is 14.3 Å². The van der Waals surface area contributed by atoms with Crippen molar-refractivity contribution in [1.82, 2.24) is 9.80 Å². The molecule has 24 heavy (non-hydrogen) atoms. The number of carbonyl (C=O) groups excluding carboxylic acids is 2. The highest BCUT2D eigenvalue weighted by molar-refractivity contribution is 5.99. The van der Waals surface area contributed by atoms with E-state index in [-0.39, 0.29) is 12.6 Å². The Bertz CT molecular complexity index is 555. The summed E-state index contributed by atoms with van der Waals surface area (Å²) in [5.74, 6) is -1.70. The highest BCUT2D eigenvalue weighted by atomic mass is 16.6. The van der Waals surface area contributed by atoms with Gasteiger partial charge in [-0.1, -0.05) is 0 Å². The molecule has 4 atom stereocenters. The minimum absolute atomic E-state index is 0.0945. The summed E-state index contributed by atoms with van der Waals surface area (Å²) in [6.07, 6.45) is -0.651. The Hall–Kier alpha value is -1.83. The van der Waals surface area contributed by atoms with Gasteiger partial charge in [-0.25, -0.2) is 9.59 Å². The maximum Gasteiger partial charge on any atom is 0.411 e. The van der Waals surface area contributed by atoms with E-state index in [2.05, 4.69) is 0 Å². The summed E-state index contributed by atoms with van der Waals surface area (Å²) >= 11 is 0. The molecule has 0 aliphatic carbocycles. The number of carboxylic acids is 1. The van der Waals surface area contributed by atoms with Crippen molar-refractivity contribution in [3.63, 3.8) is 0 Å². The monoisotopic (exact) mass is 342 g/mol. The predicted octanol–water partition coefficient (Wildman–Crippen LogP) is 0.821. The number of carboxylic acid groups (broad SMARTS) is 1. The molecular weight excluding hydrogens is 316 g/mol. The van der Waals surface area contributed by atoms with Gasteiger partial charge in [0.15, 0.2) is 6.04 Å². The molecule has 2 rings (SSSR count). The zero-order valence-corrected chi connectivity index (χ0v) is 14.8. The number of amides is 2. The lowest BCUT2D eigenvalue weighted by molar-refractivity contribution is -0.177. The number of carbonyl (C=O) groups is 3. The van der Waals surface area contributed by atoms with Gasteiger partial charge in [-0.3, -0.25) is 9.69 Å². The fourth-order valence-electron chi connectivity index (χ4n) is 3.57. The van der Waals surface area contributed by atoms with E-state index in [1.165, 1.54) is 11.8 Å². The van der Waals surface area contributed by atoms with E-state index in [0.717, 1.165) is 4.90 Å². The molecule has 8 nitrogen and oxygen atoms in total. The average Bonchev–Trinajstić information content (AvgIpc) is 2.75. The van der Waals surface area contributed by atoms with Crippen molar-refractivity contribution in [3.05, 3.63) is 0 Å². The lowest BCUT2D eigenvalue weighted by atomic mass is 9.83. The number of aliphatic hydroxyl groups excluding tert-OH is 1. The molecule has 0 aromatic carbocycles. The van der Waals surface area contributed by atoms with Crippen molar-refractivity contribution in [2.24, 2.45) is 0 Å². The molecule has 2 aliphatic rings. The summed E-state index contributed by atoms with van der Waals surface area (Å²) < 4.78 is 5.41. The second-order valence-electron chi connectivity index (χ2n) is 7.73. The molecule has 0 radical (unpaired) electrons. The van der Waals surface area contributed by atoms with Crippen molar-refractivity contribution in [3.8, 4) is 0 Å². The molecule has 2 N–H and O–H groups in total. The van der Waals surface area contributed by atoms with Gasteiger partial charge in [-0.15, -0.1) is 0 Å². The van der Waals surface area contributed by atoms with E-state index in [1.807, 2.05) is 6.92 Å². The first-order chi connectivity index (χ1) is 10.9. The number of hydrogen-bond acceptors (Lipinski definition) is 5. The number of nitrogens with zero attached hydrogens (tertiary/aromatic N) is 2.